The van der Waals surface area contributed by atoms with Crippen LogP contribution in [0.1, 0.15) is 34.3 Å². The van der Waals surface area contributed by atoms with Crippen molar-refractivity contribution in [2.45, 2.75) is 38.2 Å². The molecular weight excluding hydrogens is 356 g/mol. The quantitative estimate of drug-likeness (QED) is 0.890. The number of amides is 1. The van der Waals surface area contributed by atoms with Gasteiger partial charge in [-0.15, -0.1) is 0 Å². The lowest BCUT2D eigenvalue weighted by molar-refractivity contribution is 0.0979. The van der Waals surface area contributed by atoms with E-state index in [1.165, 1.54) is 19.1 Å². The van der Waals surface area contributed by atoms with Crippen LogP contribution in [-0.2, 0) is 16.4 Å². The summed E-state index contributed by atoms with van der Waals surface area (Å²) in [6.07, 6.45) is 0.475. The van der Waals surface area contributed by atoms with E-state index in [0.29, 0.717) is 23.4 Å². The minimum absolute atomic E-state index is 0.0765. The first-order valence-electron chi connectivity index (χ1n) is 7.18. The smallest absolute Gasteiger partial charge is 0.270 e. The van der Waals surface area contributed by atoms with Crippen LogP contribution in [0.15, 0.2) is 21.6 Å². The van der Waals surface area contributed by atoms with Gasteiger partial charge in [0.2, 0.25) is 0 Å². The molecule has 1 atom stereocenters. The summed E-state index contributed by atoms with van der Waals surface area (Å²) in [7, 11) is -4.09. The molecular formula is C15H15ClN2O5S. The normalized spacial score (nSPS) is 16.6. The number of carbonyl (C=O) groups excluding carboxylic acids is 1. The summed E-state index contributed by atoms with van der Waals surface area (Å²) in [5.74, 6) is -0.0675. The molecule has 1 aromatic heterocycles. The van der Waals surface area contributed by atoms with Crippen molar-refractivity contribution >= 4 is 27.5 Å². The predicted octanol–water partition coefficient (Wildman–Crippen LogP) is 2.39. The van der Waals surface area contributed by atoms with Crippen LogP contribution >= 0.6 is 11.6 Å². The van der Waals surface area contributed by atoms with Crippen molar-refractivity contribution in [1.82, 2.24) is 9.88 Å². The molecule has 0 bridgehead atoms. The zero-order valence-corrected chi connectivity index (χ0v) is 14.8. The van der Waals surface area contributed by atoms with Crippen LogP contribution in [0.25, 0.3) is 0 Å². The van der Waals surface area contributed by atoms with Gasteiger partial charge in [-0.05, 0) is 32.9 Å². The lowest BCUT2D eigenvalue weighted by atomic mass is 10.1. The van der Waals surface area contributed by atoms with E-state index in [4.69, 9.17) is 20.9 Å². The third-order valence-corrected chi connectivity index (χ3v) is 5.31. The molecule has 128 valence electrons. The molecule has 0 saturated heterocycles. The number of sulfonamides is 1. The topological polar surface area (TPSA) is 98.5 Å². The Morgan fingerprint density at radius 3 is 2.71 bits per heavy atom. The molecule has 0 fully saturated rings. The lowest BCUT2D eigenvalue weighted by Crippen LogP contribution is -2.31. The van der Waals surface area contributed by atoms with Crippen LogP contribution in [0.5, 0.6) is 5.75 Å². The Morgan fingerprint density at radius 1 is 1.38 bits per heavy atom. The molecule has 0 spiro atoms. The number of aryl methyl sites for hydroxylation is 2. The number of nitrogens with zero attached hydrogens (tertiary/aromatic N) is 1. The van der Waals surface area contributed by atoms with Crippen LogP contribution < -0.4 is 9.46 Å². The number of fused-ring (bicyclic) bond motifs is 1. The number of carbonyl (C=O) groups is 1. The Bertz CT molecular complexity index is 916. The second kappa shape index (κ2) is 5.78. The zero-order valence-electron chi connectivity index (χ0n) is 13.2. The SMILES string of the molecule is Cc1noc(C)c1C(=O)NS(=O)(=O)c1cc(Cl)c2c(c1)C[C@@H](C)O2. The highest BCUT2D eigenvalue weighted by Crippen LogP contribution is 2.38. The van der Waals surface area contributed by atoms with Gasteiger partial charge < -0.3 is 9.26 Å². The van der Waals surface area contributed by atoms with E-state index in [1.54, 1.807) is 6.92 Å². The molecule has 2 heterocycles. The number of hydrogen-bond acceptors (Lipinski definition) is 6. The van der Waals surface area contributed by atoms with Gasteiger partial charge in [0.15, 0.2) is 0 Å². The second-order valence-electron chi connectivity index (χ2n) is 5.66. The van der Waals surface area contributed by atoms with E-state index < -0.39 is 15.9 Å². The molecule has 2 aromatic rings. The Balaban J connectivity index is 1.93. The molecule has 1 aliphatic rings. The lowest BCUT2D eigenvalue weighted by Gasteiger charge is -2.09. The van der Waals surface area contributed by atoms with Gasteiger partial charge >= 0.3 is 0 Å². The summed E-state index contributed by atoms with van der Waals surface area (Å²) in [6.45, 7) is 4.96. The summed E-state index contributed by atoms with van der Waals surface area (Å²) < 4.78 is 37.5. The highest BCUT2D eigenvalue weighted by atomic mass is 35.5. The Labute approximate surface area is 144 Å². The van der Waals surface area contributed by atoms with Gasteiger partial charge in [0.1, 0.15) is 23.2 Å². The molecule has 24 heavy (non-hydrogen) atoms. The Hall–Kier alpha value is -2.06. The molecule has 9 heteroatoms. The molecule has 1 aromatic carbocycles. The maximum Gasteiger partial charge on any atom is 0.270 e. The van der Waals surface area contributed by atoms with Crippen molar-refractivity contribution in [1.29, 1.82) is 0 Å². The highest BCUT2D eigenvalue weighted by Gasteiger charge is 2.28. The van der Waals surface area contributed by atoms with E-state index in [0.717, 1.165) is 0 Å². The molecule has 7 nitrogen and oxygen atoms in total. The largest absolute Gasteiger partial charge is 0.489 e. The third-order valence-electron chi connectivity index (χ3n) is 3.72. The number of ether oxygens (including phenoxy) is 1. The summed E-state index contributed by atoms with van der Waals surface area (Å²) in [4.78, 5) is 12.2. The molecule has 0 radical (unpaired) electrons. The zero-order chi connectivity index (χ0) is 17.6. The second-order valence-corrected chi connectivity index (χ2v) is 7.75. The Kier molecular flexibility index (Phi) is 4.05. The average Bonchev–Trinajstić information content (AvgIpc) is 3.00. The molecule has 3 rings (SSSR count). The van der Waals surface area contributed by atoms with Crippen molar-refractivity contribution < 1.29 is 22.5 Å². The van der Waals surface area contributed by atoms with Crippen LogP contribution in [0, 0.1) is 13.8 Å². The average molecular weight is 371 g/mol. The maximum atomic E-state index is 12.5. The van der Waals surface area contributed by atoms with Crippen LogP contribution in [0.4, 0.5) is 0 Å². The van der Waals surface area contributed by atoms with Crippen molar-refractivity contribution in [3.8, 4) is 5.75 Å². The first-order chi connectivity index (χ1) is 11.2. The number of rotatable bonds is 3. The van der Waals surface area contributed by atoms with E-state index in [9.17, 15) is 13.2 Å². The molecule has 1 N–H and O–H groups in total. The van der Waals surface area contributed by atoms with Gasteiger partial charge in [0, 0.05) is 12.0 Å². The molecule has 1 aliphatic heterocycles. The summed E-state index contributed by atoms with van der Waals surface area (Å²) in [5, 5.41) is 3.84. The van der Waals surface area contributed by atoms with E-state index in [1.807, 2.05) is 11.6 Å². The summed E-state index contributed by atoms with van der Waals surface area (Å²) >= 11 is 6.11. The van der Waals surface area contributed by atoms with Gasteiger partial charge in [0.25, 0.3) is 15.9 Å². The maximum absolute atomic E-state index is 12.5. The van der Waals surface area contributed by atoms with Crippen LogP contribution in [-0.4, -0.2) is 25.6 Å². The van der Waals surface area contributed by atoms with Crippen molar-refractivity contribution in [2.24, 2.45) is 0 Å². The first-order valence-corrected chi connectivity index (χ1v) is 9.04. The third kappa shape index (κ3) is 2.87. The number of hydrogen-bond donors (Lipinski definition) is 1. The minimum atomic E-state index is -4.09. The standard InChI is InChI=1S/C15H15ClN2O5S/c1-7-4-10-5-11(6-12(16)14(10)22-7)24(20,21)18-15(19)13-8(2)17-23-9(13)3/h5-7H,4H2,1-3H3,(H,18,19)/t7-/m1/s1. The first kappa shape index (κ1) is 16.8. The molecule has 1 amide bonds. The number of aromatic nitrogens is 1. The van der Waals surface area contributed by atoms with Crippen LogP contribution in [0.3, 0.4) is 0 Å². The van der Waals surface area contributed by atoms with Gasteiger partial charge in [-0.1, -0.05) is 16.8 Å². The van der Waals surface area contributed by atoms with Gasteiger partial charge in [0.05, 0.1) is 15.6 Å². The summed E-state index contributed by atoms with van der Waals surface area (Å²) in [6, 6.07) is 2.73. The number of halogens is 1. The molecule has 0 saturated carbocycles. The number of benzene rings is 1. The molecule has 0 aliphatic carbocycles. The monoisotopic (exact) mass is 370 g/mol. The Morgan fingerprint density at radius 2 is 2.08 bits per heavy atom. The van der Waals surface area contributed by atoms with Crippen molar-refractivity contribution in [2.75, 3.05) is 0 Å². The van der Waals surface area contributed by atoms with E-state index >= 15 is 0 Å². The highest BCUT2D eigenvalue weighted by molar-refractivity contribution is 7.90. The van der Waals surface area contributed by atoms with Gasteiger partial charge in [-0.3, -0.25) is 4.79 Å². The van der Waals surface area contributed by atoms with Gasteiger partial charge in [-0.25, -0.2) is 13.1 Å². The van der Waals surface area contributed by atoms with E-state index in [2.05, 4.69) is 5.16 Å². The fourth-order valence-electron chi connectivity index (χ4n) is 2.65. The van der Waals surface area contributed by atoms with Gasteiger partial charge in [-0.2, -0.15) is 0 Å². The van der Waals surface area contributed by atoms with E-state index in [-0.39, 0.29) is 27.3 Å². The molecule has 0 unspecified atom stereocenters. The number of nitrogens with one attached hydrogen (secondary N) is 1. The van der Waals surface area contributed by atoms with Crippen molar-refractivity contribution in [3.05, 3.63) is 39.7 Å². The fraction of sp³-hybridized carbons (Fsp3) is 0.333. The summed E-state index contributed by atoms with van der Waals surface area (Å²) in [5.41, 5.74) is 1.11. The van der Waals surface area contributed by atoms with Crippen molar-refractivity contribution in [3.63, 3.8) is 0 Å². The van der Waals surface area contributed by atoms with Crippen LogP contribution in [0.2, 0.25) is 5.02 Å². The minimum Gasteiger partial charge on any atom is -0.489 e. The fourth-order valence-corrected chi connectivity index (χ4v) is 4.04. The predicted molar refractivity (Wildman–Crippen MR) is 85.9 cm³/mol.